The van der Waals surface area contributed by atoms with Crippen molar-refractivity contribution < 1.29 is 9.53 Å². The van der Waals surface area contributed by atoms with Gasteiger partial charge in [0.15, 0.2) is 5.78 Å². The fraction of sp³-hybridized carbons (Fsp3) is 0.500. The van der Waals surface area contributed by atoms with Gasteiger partial charge in [-0.2, -0.15) is 0 Å². The van der Waals surface area contributed by atoms with Gasteiger partial charge in [-0.05, 0) is 57.9 Å². The summed E-state index contributed by atoms with van der Waals surface area (Å²) in [4.78, 5) is 11.8. The number of ether oxygens (including phenoxy) is 1. The molecular weight excluding hydrogens is 200 g/mol. The summed E-state index contributed by atoms with van der Waals surface area (Å²) in [5.74, 6) is 1.39. The molecule has 0 radical (unpaired) electrons. The average molecular weight is 218 g/mol. The van der Waals surface area contributed by atoms with E-state index in [0.29, 0.717) is 0 Å². The van der Waals surface area contributed by atoms with Gasteiger partial charge in [0.1, 0.15) is 11.4 Å². The van der Waals surface area contributed by atoms with Crippen LogP contribution < -0.4 is 4.74 Å². The molecule has 1 aliphatic rings. The first kappa shape index (κ1) is 11.2. The monoisotopic (exact) mass is 218 g/mol. The molecule has 2 nitrogen and oxygen atoms in total. The van der Waals surface area contributed by atoms with Gasteiger partial charge < -0.3 is 4.74 Å². The van der Waals surface area contributed by atoms with E-state index in [-0.39, 0.29) is 17.3 Å². The first-order chi connectivity index (χ1) is 7.46. The van der Waals surface area contributed by atoms with Crippen LogP contribution in [0.4, 0.5) is 0 Å². The van der Waals surface area contributed by atoms with Gasteiger partial charge in [-0.25, -0.2) is 0 Å². The molecule has 0 bridgehead atoms. The zero-order valence-electron chi connectivity index (χ0n) is 10.1. The molecule has 1 aliphatic carbocycles. The molecular formula is C14H18O2. The van der Waals surface area contributed by atoms with Crippen LogP contribution in [0.25, 0.3) is 0 Å². The zero-order chi connectivity index (χ0) is 11.8. The molecule has 1 fully saturated rings. The van der Waals surface area contributed by atoms with E-state index in [9.17, 15) is 4.79 Å². The van der Waals surface area contributed by atoms with Gasteiger partial charge in [-0.1, -0.05) is 0 Å². The van der Waals surface area contributed by atoms with Gasteiger partial charge in [0.25, 0.3) is 0 Å². The van der Waals surface area contributed by atoms with Gasteiger partial charge in [-0.3, -0.25) is 4.79 Å². The summed E-state index contributed by atoms with van der Waals surface area (Å²) in [6.45, 7) is 6.03. The van der Waals surface area contributed by atoms with E-state index in [2.05, 4.69) is 0 Å². The summed E-state index contributed by atoms with van der Waals surface area (Å²) in [5.41, 5.74) is 0.617. The number of Topliss-reactive ketones (excluding diaryl/α,β-unsaturated/α-hetero) is 1. The van der Waals surface area contributed by atoms with E-state index in [1.54, 1.807) is 0 Å². The highest BCUT2D eigenvalue weighted by atomic mass is 16.5. The lowest BCUT2D eigenvalue weighted by atomic mass is 10.1. The Balaban J connectivity index is 2.07. The number of ketones is 1. The third kappa shape index (κ3) is 2.84. The van der Waals surface area contributed by atoms with Gasteiger partial charge in [-0.15, -0.1) is 0 Å². The maximum absolute atomic E-state index is 11.8. The number of hydrogen-bond acceptors (Lipinski definition) is 2. The Labute approximate surface area is 96.6 Å². The summed E-state index contributed by atoms with van der Waals surface area (Å²) >= 11 is 0. The van der Waals surface area contributed by atoms with E-state index < -0.39 is 0 Å². The van der Waals surface area contributed by atoms with Crippen molar-refractivity contribution in [2.75, 3.05) is 0 Å². The molecule has 0 aliphatic heterocycles. The Morgan fingerprint density at radius 1 is 1.19 bits per heavy atom. The van der Waals surface area contributed by atoms with Crippen molar-refractivity contribution in [3.8, 4) is 5.75 Å². The molecule has 0 N–H and O–H groups in total. The third-order valence-electron chi connectivity index (χ3n) is 2.51. The molecule has 2 rings (SSSR count). The second-order valence-electron chi connectivity index (χ2n) is 5.38. The molecule has 1 aromatic rings. The van der Waals surface area contributed by atoms with Crippen LogP contribution in [0.2, 0.25) is 0 Å². The minimum atomic E-state index is -0.192. The Kier molecular flexibility index (Phi) is 2.75. The molecule has 0 spiro atoms. The topological polar surface area (TPSA) is 26.3 Å². The highest BCUT2D eigenvalue weighted by molar-refractivity contribution is 5.99. The van der Waals surface area contributed by atoms with Crippen LogP contribution in [0.1, 0.15) is 44.0 Å². The predicted octanol–water partition coefficient (Wildman–Crippen LogP) is 3.46. The SMILES string of the molecule is CC(C)(C)Oc1ccc(C(=O)C2CC2)cc1. The van der Waals surface area contributed by atoms with Gasteiger partial charge in [0, 0.05) is 11.5 Å². The molecule has 1 aromatic carbocycles. The molecule has 2 heteroatoms. The smallest absolute Gasteiger partial charge is 0.165 e. The van der Waals surface area contributed by atoms with Crippen molar-refractivity contribution in [1.29, 1.82) is 0 Å². The van der Waals surface area contributed by atoms with Crippen LogP contribution in [0, 0.1) is 5.92 Å². The molecule has 0 amide bonds. The lowest BCUT2D eigenvalue weighted by Crippen LogP contribution is -2.22. The van der Waals surface area contributed by atoms with Crippen molar-refractivity contribution >= 4 is 5.78 Å². The minimum Gasteiger partial charge on any atom is -0.488 e. The van der Waals surface area contributed by atoms with Crippen molar-refractivity contribution in [2.24, 2.45) is 5.92 Å². The summed E-state index contributed by atoms with van der Waals surface area (Å²) < 4.78 is 5.70. The van der Waals surface area contributed by atoms with Crippen molar-refractivity contribution in [1.82, 2.24) is 0 Å². The molecule has 16 heavy (non-hydrogen) atoms. The molecule has 86 valence electrons. The number of benzene rings is 1. The van der Waals surface area contributed by atoms with E-state index in [1.165, 1.54) is 0 Å². The Hall–Kier alpha value is -1.31. The van der Waals surface area contributed by atoms with Gasteiger partial charge in [0.05, 0.1) is 0 Å². The lowest BCUT2D eigenvalue weighted by molar-refractivity contribution is 0.0967. The number of hydrogen-bond donors (Lipinski definition) is 0. The fourth-order valence-electron chi connectivity index (χ4n) is 1.62. The maximum Gasteiger partial charge on any atom is 0.165 e. The second-order valence-corrected chi connectivity index (χ2v) is 5.38. The van der Waals surface area contributed by atoms with E-state index in [1.807, 2.05) is 45.0 Å². The minimum absolute atomic E-state index is 0.192. The molecule has 0 aromatic heterocycles. The van der Waals surface area contributed by atoms with Crippen LogP contribution >= 0.6 is 0 Å². The number of carbonyl (C=O) groups excluding carboxylic acids is 1. The average Bonchev–Trinajstić information content (AvgIpc) is 2.98. The highest BCUT2D eigenvalue weighted by Crippen LogP contribution is 2.33. The molecule has 0 unspecified atom stereocenters. The highest BCUT2D eigenvalue weighted by Gasteiger charge is 2.30. The Morgan fingerprint density at radius 3 is 2.19 bits per heavy atom. The molecule has 1 saturated carbocycles. The normalized spacial score (nSPS) is 15.9. The summed E-state index contributed by atoms with van der Waals surface area (Å²) in [6.07, 6.45) is 2.11. The van der Waals surface area contributed by atoms with Gasteiger partial charge >= 0.3 is 0 Å². The third-order valence-corrected chi connectivity index (χ3v) is 2.51. The van der Waals surface area contributed by atoms with Crippen LogP contribution in [-0.2, 0) is 0 Å². The first-order valence-corrected chi connectivity index (χ1v) is 5.79. The van der Waals surface area contributed by atoms with E-state index >= 15 is 0 Å². The quantitative estimate of drug-likeness (QED) is 0.726. The summed E-state index contributed by atoms with van der Waals surface area (Å²) in [6, 6.07) is 7.48. The molecule has 0 atom stereocenters. The first-order valence-electron chi connectivity index (χ1n) is 5.79. The van der Waals surface area contributed by atoms with E-state index in [0.717, 1.165) is 24.2 Å². The Bertz CT molecular complexity index is 380. The van der Waals surface area contributed by atoms with Crippen LogP contribution in [0.15, 0.2) is 24.3 Å². The Morgan fingerprint density at radius 2 is 1.75 bits per heavy atom. The van der Waals surface area contributed by atoms with Gasteiger partial charge in [0.2, 0.25) is 0 Å². The zero-order valence-corrected chi connectivity index (χ0v) is 10.1. The summed E-state index contributed by atoms with van der Waals surface area (Å²) in [5, 5.41) is 0. The van der Waals surface area contributed by atoms with Crippen molar-refractivity contribution in [2.45, 2.75) is 39.2 Å². The second kappa shape index (κ2) is 3.93. The fourth-order valence-corrected chi connectivity index (χ4v) is 1.62. The molecule has 0 heterocycles. The maximum atomic E-state index is 11.8. The number of rotatable bonds is 3. The van der Waals surface area contributed by atoms with Crippen LogP contribution in [0.5, 0.6) is 5.75 Å². The van der Waals surface area contributed by atoms with Crippen molar-refractivity contribution in [3.05, 3.63) is 29.8 Å². The van der Waals surface area contributed by atoms with Crippen LogP contribution in [-0.4, -0.2) is 11.4 Å². The number of carbonyl (C=O) groups is 1. The van der Waals surface area contributed by atoms with Crippen LogP contribution in [0.3, 0.4) is 0 Å². The van der Waals surface area contributed by atoms with Crippen molar-refractivity contribution in [3.63, 3.8) is 0 Å². The predicted molar refractivity (Wildman–Crippen MR) is 63.9 cm³/mol. The standard InChI is InChI=1S/C14H18O2/c1-14(2,3)16-12-8-6-11(7-9-12)13(15)10-4-5-10/h6-10H,4-5H2,1-3H3. The largest absolute Gasteiger partial charge is 0.488 e. The summed E-state index contributed by atoms with van der Waals surface area (Å²) in [7, 11) is 0. The lowest BCUT2D eigenvalue weighted by Gasteiger charge is -2.21. The van der Waals surface area contributed by atoms with E-state index in [4.69, 9.17) is 4.74 Å². The molecule has 0 saturated heterocycles.